The van der Waals surface area contributed by atoms with Crippen LogP contribution in [0, 0.1) is 5.41 Å². The van der Waals surface area contributed by atoms with E-state index in [0.717, 1.165) is 5.01 Å². The second-order valence-corrected chi connectivity index (χ2v) is 8.67. The Bertz CT molecular complexity index is 1160. The van der Waals surface area contributed by atoms with Crippen LogP contribution in [0.5, 0.6) is 11.5 Å². The molecule has 11 nitrogen and oxygen atoms in total. The number of carbonyl (C=O) groups excluding carboxylic acids is 2. The van der Waals surface area contributed by atoms with Crippen molar-refractivity contribution in [2.24, 2.45) is 5.73 Å². The molecule has 13 heteroatoms. The van der Waals surface area contributed by atoms with Gasteiger partial charge in [0, 0.05) is 18.7 Å². The van der Waals surface area contributed by atoms with Gasteiger partial charge in [-0.05, 0) is 48.7 Å². The van der Waals surface area contributed by atoms with Crippen LogP contribution in [-0.4, -0.2) is 53.1 Å². The number of nitrogens with zero attached hydrogens (tertiary/aromatic N) is 1. The summed E-state index contributed by atoms with van der Waals surface area (Å²) in [6.45, 7) is 0.424. The molecule has 0 aliphatic carbocycles. The second-order valence-electron chi connectivity index (χ2n) is 7.85. The molecule has 0 saturated carbocycles. The van der Waals surface area contributed by atoms with Crippen LogP contribution < -0.4 is 25.9 Å². The van der Waals surface area contributed by atoms with E-state index >= 15 is 0 Å². The molecule has 0 spiro atoms. The van der Waals surface area contributed by atoms with E-state index in [1.807, 2.05) is 0 Å². The minimum absolute atomic E-state index is 0.0382. The van der Waals surface area contributed by atoms with Gasteiger partial charge >= 0.3 is 5.97 Å². The molecule has 6 N–H and O–H groups in total. The number of hydrogen-bond donors (Lipinski definition) is 5. The number of nitrogens with two attached hydrogens (primary N) is 1. The van der Waals surface area contributed by atoms with Crippen molar-refractivity contribution in [3.63, 3.8) is 0 Å². The fraction of sp³-hybridized carbons (Fsp3) is 0.304. The maximum Gasteiger partial charge on any atom is 0.328 e. The van der Waals surface area contributed by atoms with E-state index in [1.54, 1.807) is 18.2 Å². The van der Waals surface area contributed by atoms with E-state index in [-0.39, 0.29) is 47.9 Å². The third-order valence-corrected chi connectivity index (χ3v) is 6.02. The lowest BCUT2D eigenvalue weighted by molar-refractivity contribution is -0.153. The predicted molar refractivity (Wildman–Crippen MR) is 132 cm³/mol. The Labute approximate surface area is 216 Å². The molecule has 1 aliphatic heterocycles. The molecule has 1 atom stereocenters. The maximum atomic E-state index is 13.2. The molecule has 2 aromatic carbocycles. The van der Waals surface area contributed by atoms with Crippen LogP contribution in [0.2, 0.25) is 10.0 Å². The number of ether oxygens (including phenoxy) is 2. The van der Waals surface area contributed by atoms with Crippen LogP contribution in [0.1, 0.15) is 35.2 Å². The minimum atomic E-state index is -1.29. The second kappa shape index (κ2) is 12.4. The fourth-order valence-corrected chi connectivity index (χ4v) is 3.77. The lowest BCUT2D eigenvalue weighted by Gasteiger charge is -2.29. The van der Waals surface area contributed by atoms with Crippen LogP contribution in [0.3, 0.4) is 0 Å². The van der Waals surface area contributed by atoms with Crippen molar-refractivity contribution in [2.75, 3.05) is 13.3 Å². The number of carboxylic acid groups (broad SMARTS) is 1. The number of amides is 1. The van der Waals surface area contributed by atoms with E-state index < -0.39 is 30.1 Å². The molecular formula is C23H25Cl2N5O6. The quantitative estimate of drug-likeness (QED) is 0.0681. The Morgan fingerprint density at radius 1 is 1.11 bits per heavy atom. The first kappa shape index (κ1) is 27.1. The number of carboxylic acids is 1. The number of ketones is 1. The standard InChI is InChI=1S/C23H25Cl2N5O6/c24-15-5-4-14(9-16(15)25)18(31)10-21(32)30(17(22(33)34)2-1-7-28-23(26)27)29-11-13-3-6-19-20(8-13)36-12-35-19/h3-6,8-9,17,29H,1-2,7,10-12H2,(H,33,34)(H4,26,27,28)/t17-/m0/s1. The number of guanidine groups is 1. The molecule has 1 amide bonds. The van der Waals surface area contributed by atoms with Crippen molar-refractivity contribution in [1.82, 2.24) is 15.8 Å². The molecule has 36 heavy (non-hydrogen) atoms. The molecular weight excluding hydrogens is 513 g/mol. The molecule has 3 rings (SSSR count). The van der Waals surface area contributed by atoms with Gasteiger partial charge in [0.1, 0.15) is 6.04 Å². The highest BCUT2D eigenvalue weighted by atomic mass is 35.5. The lowest BCUT2D eigenvalue weighted by atomic mass is 10.1. The number of carbonyl (C=O) groups is 3. The first-order chi connectivity index (χ1) is 17.2. The van der Waals surface area contributed by atoms with Gasteiger partial charge in [0.2, 0.25) is 12.7 Å². The molecule has 0 aromatic heterocycles. The van der Waals surface area contributed by atoms with Crippen molar-refractivity contribution in [1.29, 1.82) is 5.41 Å². The van der Waals surface area contributed by atoms with E-state index in [4.69, 9.17) is 43.8 Å². The average molecular weight is 538 g/mol. The van der Waals surface area contributed by atoms with Crippen molar-refractivity contribution in [3.8, 4) is 11.5 Å². The molecule has 0 unspecified atom stereocenters. The molecule has 192 valence electrons. The lowest BCUT2D eigenvalue weighted by Crippen LogP contribution is -2.53. The summed E-state index contributed by atoms with van der Waals surface area (Å²) in [4.78, 5) is 38.0. The van der Waals surface area contributed by atoms with Crippen molar-refractivity contribution in [3.05, 3.63) is 57.6 Å². The minimum Gasteiger partial charge on any atom is -0.480 e. The summed E-state index contributed by atoms with van der Waals surface area (Å²) in [5, 5.41) is 21.1. The number of hydrogen-bond acceptors (Lipinski definition) is 7. The molecule has 0 radical (unpaired) electrons. The van der Waals surface area contributed by atoms with Crippen LogP contribution >= 0.6 is 23.2 Å². The smallest absolute Gasteiger partial charge is 0.328 e. The summed E-state index contributed by atoms with van der Waals surface area (Å²) in [7, 11) is 0. The highest BCUT2D eigenvalue weighted by Crippen LogP contribution is 2.32. The summed E-state index contributed by atoms with van der Waals surface area (Å²) in [6.07, 6.45) is -0.259. The Hall–Kier alpha value is -3.54. The summed E-state index contributed by atoms with van der Waals surface area (Å²) >= 11 is 11.9. The summed E-state index contributed by atoms with van der Waals surface area (Å²) in [6, 6.07) is 8.12. The zero-order valence-corrected chi connectivity index (χ0v) is 20.6. The zero-order chi connectivity index (χ0) is 26.2. The van der Waals surface area contributed by atoms with Gasteiger partial charge in [-0.25, -0.2) is 10.2 Å². The number of benzene rings is 2. The van der Waals surface area contributed by atoms with Gasteiger partial charge in [-0.15, -0.1) is 0 Å². The summed E-state index contributed by atoms with van der Waals surface area (Å²) in [5.74, 6) is -1.67. The number of halogens is 2. The maximum absolute atomic E-state index is 13.2. The zero-order valence-electron chi connectivity index (χ0n) is 19.1. The Balaban J connectivity index is 1.76. The highest BCUT2D eigenvalue weighted by molar-refractivity contribution is 6.42. The first-order valence-electron chi connectivity index (χ1n) is 10.9. The van der Waals surface area contributed by atoms with Gasteiger partial charge in [-0.2, -0.15) is 0 Å². The topological polar surface area (TPSA) is 167 Å². The number of nitrogens with one attached hydrogen (secondary N) is 3. The molecule has 0 bridgehead atoms. The number of fused-ring (bicyclic) bond motifs is 1. The first-order valence-corrected chi connectivity index (χ1v) is 11.6. The van der Waals surface area contributed by atoms with Crippen molar-refractivity contribution < 1.29 is 29.0 Å². The summed E-state index contributed by atoms with van der Waals surface area (Å²) in [5.41, 5.74) is 8.99. The average Bonchev–Trinajstić information content (AvgIpc) is 3.29. The number of Topliss-reactive ketones (excluding diaryl/α,β-unsaturated/α-hetero) is 1. The van der Waals surface area contributed by atoms with E-state index in [1.165, 1.54) is 18.2 Å². The monoisotopic (exact) mass is 537 g/mol. The van der Waals surface area contributed by atoms with E-state index in [0.29, 0.717) is 23.5 Å². The fourth-order valence-electron chi connectivity index (χ4n) is 3.48. The normalized spacial score (nSPS) is 12.6. The number of hydrazine groups is 1. The van der Waals surface area contributed by atoms with Crippen LogP contribution in [-0.2, 0) is 16.1 Å². The molecule has 1 heterocycles. The van der Waals surface area contributed by atoms with E-state index in [2.05, 4.69) is 10.7 Å². The third kappa shape index (κ3) is 7.23. The predicted octanol–water partition coefficient (Wildman–Crippen LogP) is 2.54. The SMILES string of the molecule is N=C(N)NCCC[C@@H](C(=O)O)N(NCc1ccc2c(c1)OCO2)C(=O)CC(=O)c1ccc(Cl)c(Cl)c1. The van der Waals surface area contributed by atoms with Gasteiger partial charge in [0.15, 0.2) is 23.2 Å². The molecule has 1 aliphatic rings. The number of aliphatic carboxylic acids is 1. The molecule has 2 aromatic rings. The molecule has 0 fully saturated rings. The van der Waals surface area contributed by atoms with Gasteiger partial charge < -0.3 is 25.6 Å². The summed E-state index contributed by atoms with van der Waals surface area (Å²) < 4.78 is 10.6. The van der Waals surface area contributed by atoms with Crippen LogP contribution in [0.15, 0.2) is 36.4 Å². The van der Waals surface area contributed by atoms with Gasteiger partial charge in [0.05, 0.1) is 16.5 Å². The Morgan fingerprint density at radius 3 is 2.56 bits per heavy atom. The van der Waals surface area contributed by atoms with E-state index in [9.17, 15) is 19.5 Å². The highest BCUT2D eigenvalue weighted by Gasteiger charge is 2.31. The van der Waals surface area contributed by atoms with Crippen LogP contribution in [0.25, 0.3) is 0 Å². The Kier molecular flexibility index (Phi) is 9.34. The van der Waals surface area contributed by atoms with Gasteiger partial charge in [0.25, 0.3) is 0 Å². The van der Waals surface area contributed by atoms with Crippen molar-refractivity contribution in [2.45, 2.75) is 31.8 Å². The molecule has 0 saturated heterocycles. The Morgan fingerprint density at radius 2 is 1.86 bits per heavy atom. The van der Waals surface area contributed by atoms with Gasteiger partial charge in [-0.1, -0.05) is 29.3 Å². The third-order valence-electron chi connectivity index (χ3n) is 5.28. The largest absolute Gasteiger partial charge is 0.480 e. The number of rotatable bonds is 12. The van der Waals surface area contributed by atoms with Crippen molar-refractivity contribution >= 4 is 46.8 Å². The van der Waals surface area contributed by atoms with Gasteiger partial charge in [-0.3, -0.25) is 20.0 Å². The van der Waals surface area contributed by atoms with Crippen LogP contribution in [0.4, 0.5) is 0 Å².